The molecule has 21 heavy (non-hydrogen) atoms. The van der Waals surface area contributed by atoms with Crippen LogP contribution in [-0.4, -0.2) is 41.1 Å². The smallest absolute Gasteiger partial charge is 0.323 e. The van der Waals surface area contributed by atoms with Gasteiger partial charge in [-0.15, -0.1) is 0 Å². The number of aliphatic carboxylic acids is 1. The number of rotatable bonds is 8. The molecule has 114 valence electrons. The van der Waals surface area contributed by atoms with Crippen molar-refractivity contribution in [1.82, 2.24) is 4.90 Å². The standard InChI is InChI=1S/C16H21NO4/c18-15-9-8-14(17(15)11-16(19)20)7-4-10-21-12-13-5-2-1-3-6-13/h1-3,5-6,14H,4,7-12H2,(H,19,20). The largest absolute Gasteiger partial charge is 0.480 e. The minimum absolute atomic E-state index is 0.0485. The van der Waals surface area contributed by atoms with Crippen molar-refractivity contribution in [2.75, 3.05) is 13.2 Å². The maximum atomic E-state index is 11.6. The summed E-state index contributed by atoms with van der Waals surface area (Å²) in [4.78, 5) is 23.9. The van der Waals surface area contributed by atoms with E-state index < -0.39 is 5.97 Å². The van der Waals surface area contributed by atoms with Crippen LogP contribution in [0.4, 0.5) is 0 Å². The fraction of sp³-hybridized carbons (Fsp3) is 0.500. The van der Waals surface area contributed by atoms with E-state index in [0.717, 1.165) is 24.8 Å². The number of carbonyl (C=O) groups excluding carboxylic acids is 1. The van der Waals surface area contributed by atoms with Crippen LogP contribution in [0, 0.1) is 0 Å². The summed E-state index contributed by atoms with van der Waals surface area (Å²) in [5.41, 5.74) is 1.14. The van der Waals surface area contributed by atoms with Gasteiger partial charge in [0.05, 0.1) is 6.61 Å². The van der Waals surface area contributed by atoms with Crippen molar-refractivity contribution in [3.63, 3.8) is 0 Å². The first-order valence-corrected chi connectivity index (χ1v) is 7.30. The van der Waals surface area contributed by atoms with Gasteiger partial charge in [0.25, 0.3) is 0 Å². The van der Waals surface area contributed by atoms with Crippen LogP contribution < -0.4 is 0 Å². The van der Waals surface area contributed by atoms with Crippen molar-refractivity contribution in [2.45, 2.75) is 38.3 Å². The molecule has 1 amide bonds. The Balaban J connectivity index is 1.66. The van der Waals surface area contributed by atoms with E-state index in [1.54, 1.807) is 0 Å². The number of hydrogen-bond donors (Lipinski definition) is 1. The van der Waals surface area contributed by atoms with Crippen molar-refractivity contribution in [3.05, 3.63) is 35.9 Å². The molecule has 1 unspecified atom stereocenters. The molecule has 0 bridgehead atoms. The van der Waals surface area contributed by atoms with Gasteiger partial charge in [-0.2, -0.15) is 0 Å². The maximum absolute atomic E-state index is 11.6. The first-order chi connectivity index (χ1) is 10.2. The Morgan fingerprint density at radius 3 is 2.81 bits per heavy atom. The number of ether oxygens (including phenoxy) is 1. The average Bonchev–Trinajstić information content (AvgIpc) is 2.80. The lowest BCUT2D eigenvalue weighted by molar-refractivity contribution is -0.143. The van der Waals surface area contributed by atoms with Crippen molar-refractivity contribution < 1.29 is 19.4 Å². The van der Waals surface area contributed by atoms with Gasteiger partial charge in [-0.3, -0.25) is 9.59 Å². The Bertz CT molecular complexity index is 474. The van der Waals surface area contributed by atoms with E-state index in [9.17, 15) is 9.59 Å². The third-order valence-corrected chi connectivity index (χ3v) is 3.70. The van der Waals surface area contributed by atoms with Crippen LogP contribution in [0.15, 0.2) is 30.3 Å². The Hall–Kier alpha value is -1.88. The number of benzene rings is 1. The highest BCUT2D eigenvalue weighted by molar-refractivity contribution is 5.83. The molecule has 1 atom stereocenters. The highest BCUT2D eigenvalue weighted by Gasteiger charge is 2.31. The zero-order chi connectivity index (χ0) is 15.1. The van der Waals surface area contributed by atoms with E-state index in [2.05, 4.69) is 0 Å². The molecule has 5 heteroatoms. The molecule has 1 N–H and O–H groups in total. The van der Waals surface area contributed by atoms with Crippen LogP contribution in [0.25, 0.3) is 0 Å². The Labute approximate surface area is 124 Å². The number of likely N-dealkylation sites (tertiary alicyclic amines) is 1. The zero-order valence-corrected chi connectivity index (χ0v) is 12.0. The maximum Gasteiger partial charge on any atom is 0.323 e. The van der Waals surface area contributed by atoms with Crippen molar-refractivity contribution in [2.24, 2.45) is 0 Å². The van der Waals surface area contributed by atoms with E-state index in [0.29, 0.717) is 19.6 Å². The fourth-order valence-electron chi connectivity index (χ4n) is 2.64. The predicted octanol–water partition coefficient (Wildman–Crippen LogP) is 2.06. The normalized spacial score (nSPS) is 18.2. The van der Waals surface area contributed by atoms with Gasteiger partial charge in [0.1, 0.15) is 6.54 Å². The molecule has 1 aromatic rings. The minimum Gasteiger partial charge on any atom is -0.480 e. The predicted molar refractivity (Wildman–Crippen MR) is 77.7 cm³/mol. The first-order valence-electron chi connectivity index (χ1n) is 7.30. The summed E-state index contributed by atoms with van der Waals surface area (Å²) in [7, 11) is 0. The molecule has 1 aliphatic heterocycles. The van der Waals surface area contributed by atoms with Crippen molar-refractivity contribution in [1.29, 1.82) is 0 Å². The lowest BCUT2D eigenvalue weighted by Gasteiger charge is -2.22. The second kappa shape index (κ2) is 7.78. The second-order valence-corrected chi connectivity index (χ2v) is 5.29. The molecular formula is C16H21NO4. The number of carboxylic acids is 1. The van der Waals surface area contributed by atoms with Crippen LogP contribution in [-0.2, 0) is 20.9 Å². The van der Waals surface area contributed by atoms with Crippen LogP contribution in [0.5, 0.6) is 0 Å². The van der Waals surface area contributed by atoms with Crippen LogP contribution in [0.1, 0.15) is 31.2 Å². The lowest BCUT2D eigenvalue weighted by atomic mass is 10.1. The Morgan fingerprint density at radius 2 is 2.10 bits per heavy atom. The third kappa shape index (κ3) is 4.86. The Morgan fingerprint density at radius 1 is 1.33 bits per heavy atom. The first kappa shape index (κ1) is 15.5. The number of nitrogens with zero attached hydrogens (tertiary/aromatic N) is 1. The number of carboxylic acid groups (broad SMARTS) is 1. The highest BCUT2D eigenvalue weighted by Crippen LogP contribution is 2.22. The quantitative estimate of drug-likeness (QED) is 0.744. The fourth-order valence-corrected chi connectivity index (χ4v) is 2.64. The topological polar surface area (TPSA) is 66.8 Å². The summed E-state index contributed by atoms with van der Waals surface area (Å²) in [6, 6.07) is 10.0. The molecule has 2 rings (SSSR count). The molecule has 0 aromatic heterocycles. The molecule has 1 aliphatic rings. The third-order valence-electron chi connectivity index (χ3n) is 3.70. The van der Waals surface area contributed by atoms with Crippen molar-refractivity contribution in [3.8, 4) is 0 Å². The number of hydrogen-bond acceptors (Lipinski definition) is 3. The van der Waals surface area contributed by atoms with Gasteiger partial charge in [-0.25, -0.2) is 0 Å². The van der Waals surface area contributed by atoms with Crippen LogP contribution in [0.2, 0.25) is 0 Å². The molecular weight excluding hydrogens is 270 g/mol. The van der Waals surface area contributed by atoms with Gasteiger partial charge in [0, 0.05) is 19.1 Å². The van der Waals surface area contributed by atoms with Gasteiger partial charge < -0.3 is 14.7 Å². The molecule has 1 saturated heterocycles. The van der Waals surface area contributed by atoms with E-state index >= 15 is 0 Å². The Kier molecular flexibility index (Phi) is 5.75. The van der Waals surface area contributed by atoms with E-state index in [-0.39, 0.29) is 18.5 Å². The summed E-state index contributed by atoms with van der Waals surface area (Å²) in [5, 5.41) is 8.83. The van der Waals surface area contributed by atoms with Gasteiger partial charge >= 0.3 is 5.97 Å². The van der Waals surface area contributed by atoms with Crippen LogP contribution in [0.3, 0.4) is 0 Å². The van der Waals surface area contributed by atoms with E-state index in [1.165, 1.54) is 4.90 Å². The molecule has 0 radical (unpaired) electrons. The van der Waals surface area contributed by atoms with Gasteiger partial charge in [0.2, 0.25) is 5.91 Å². The summed E-state index contributed by atoms with van der Waals surface area (Å²) in [6.45, 7) is 1.03. The summed E-state index contributed by atoms with van der Waals surface area (Å²) < 4.78 is 5.60. The lowest BCUT2D eigenvalue weighted by Crippen LogP contribution is -2.37. The van der Waals surface area contributed by atoms with Gasteiger partial charge in [-0.1, -0.05) is 30.3 Å². The monoisotopic (exact) mass is 291 g/mol. The number of carbonyl (C=O) groups is 2. The average molecular weight is 291 g/mol. The van der Waals surface area contributed by atoms with Crippen LogP contribution >= 0.6 is 0 Å². The molecule has 1 fully saturated rings. The molecule has 0 saturated carbocycles. The summed E-state index contributed by atoms with van der Waals surface area (Å²) in [6.07, 6.45) is 2.85. The molecule has 0 spiro atoms. The zero-order valence-electron chi connectivity index (χ0n) is 12.0. The van der Waals surface area contributed by atoms with Gasteiger partial charge in [0.15, 0.2) is 0 Å². The van der Waals surface area contributed by atoms with Crippen molar-refractivity contribution >= 4 is 11.9 Å². The van der Waals surface area contributed by atoms with E-state index in [1.807, 2.05) is 30.3 Å². The van der Waals surface area contributed by atoms with Gasteiger partial charge in [-0.05, 0) is 24.8 Å². The molecule has 1 aromatic carbocycles. The molecule has 5 nitrogen and oxygen atoms in total. The minimum atomic E-state index is -0.949. The highest BCUT2D eigenvalue weighted by atomic mass is 16.5. The number of amides is 1. The molecule has 0 aliphatic carbocycles. The molecule has 1 heterocycles. The van der Waals surface area contributed by atoms with E-state index in [4.69, 9.17) is 9.84 Å². The SMILES string of the molecule is O=C(O)CN1C(=O)CCC1CCCOCc1ccccc1. The summed E-state index contributed by atoms with van der Waals surface area (Å²) >= 11 is 0. The second-order valence-electron chi connectivity index (χ2n) is 5.29. The summed E-state index contributed by atoms with van der Waals surface area (Å²) in [5.74, 6) is -0.997.